The van der Waals surface area contributed by atoms with Gasteiger partial charge in [0, 0.05) is 18.2 Å². The van der Waals surface area contributed by atoms with E-state index in [2.05, 4.69) is 10.2 Å². The van der Waals surface area contributed by atoms with Crippen LogP contribution in [0.15, 0.2) is 53.7 Å². The van der Waals surface area contributed by atoms with E-state index in [1.54, 1.807) is 0 Å². The highest BCUT2D eigenvalue weighted by Crippen LogP contribution is 2.30. The van der Waals surface area contributed by atoms with Crippen LogP contribution in [0.4, 0.5) is 0 Å². The van der Waals surface area contributed by atoms with Gasteiger partial charge in [-0.15, -0.1) is 10.2 Å². The van der Waals surface area contributed by atoms with Crippen LogP contribution in [-0.2, 0) is 7.05 Å². The van der Waals surface area contributed by atoms with E-state index in [0.29, 0.717) is 21.6 Å². The van der Waals surface area contributed by atoms with Crippen molar-refractivity contribution in [2.45, 2.75) is 24.3 Å². The van der Waals surface area contributed by atoms with Crippen molar-refractivity contribution in [3.8, 4) is 11.4 Å². The van der Waals surface area contributed by atoms with Gasteiger partial charge in [0.2, 0.25) is 0 Å². The molecule has 0 aliphatic carbocycles. The number of carbonyl (C=O) groups excluding carboxylic acids is 1. The normalized spacial score (nSPS) is 12.2. The van der Waals surface area contributed by atoms with E-state index < -0.39 is 0 Å². The van der Waals surface area contributed by atoms with Crippen molar-refractivity contribution in [2.75, 3.05) is 0 Å². The molecular formula is C19H18ClN3OS. The fraction of sp³-hybridized carbons (Fsp3) is 0.211. The third kappa shape index (κ3) is 3.78. The van der Waals surface area contributed by atoms with Gasteiger partial charge in [0.25, 0.3) is 0 Å². The maximum atomic E-state index is 12.6. The van der Waals surface area contributed by atoms with Crippen molar-refractivity contribution < 1.29 is 4.79 Å². The molecule has 0 aliphatic heterocycles. The van der Waals surface area contributed by atoms with Gasteiger partial charge in [-0.25, -0.2) is 0 Å². The Hall–Kier alpha value is -2.11. The summed E-state index contributed by atoms with van der Waals surface area (Å²) in [5.41, 5.74) is 2.66. The van der Waals surface area contributed by atoms with Crippen LogP contribution in [0.5, 0.6) is 0 Å². The van der Waals surface area contributed by atoms with Crippen LogP contribution in [0.1, 0.15) is 22.8 Å². The van der Waals surface area contributed by atoms with Crippen LogP contribution in [0.2, 0.25) is 5.02 Å². The summed E-state index contributed by atoms with van der Waals surface area (Å²) in [5.74, 6) is 0.760. The van der Waals surface area contributed by atoms with Crippen LogP contribution in [0, 0.1) is 6.92 Å². The topological polar surface area (TPSA) is 47.8 Å². The summed E-state index contributed by atoms with van der Waals surface area (Å²) in [6.45, 7) is 3.89. The number of thioether (sulfide) groups is 1. The molecule has 0 spiro atoms. The van der Waals surface area contributed by atoms with E-state index in [1.807, 2.05) is 74.0 Å². The van der Waals surface area contributed by atoms with Crippen molar-refractivity contribution in [1.29, 1.82) is 0 Å². The molecule has 25 heavy (non-hydrogen) atoms. The van der Waals surface area contributed by atoms with Crippen LogP contribution in [0.3, 0.4) is 0 Å². The molecule has 0 saturated carbocycles. The second-order valence-corrected chi connectivity index (χ2v) is 7.55. The van der Waals surface area contributed by atoms with Crippen molar-refractivity contribution in [1.82, 2.24) is 14.8 Å². The highest BCUT2D eigenvalue weighted by atomic mass is 35.5. The summed E-state index contributed by atoms with van der Waals surface area (Å²) < 4.78 is 1.87. The van der Waals surface area contributed by atoms with Gasteiger partial charge in [-0.1, -0.05) is 65.3 Å². The monoisotopic (exact) mass is 371 g/mol. The number of aromatic nitrogens is 3. The molecule has 0 radical (unpaired) electrons. The smallest absolute Gasteiger partial charge is 0.191 e. The van der Waals surface area contributed by atoms with E-state index in [9.17, 15) is 4.79 Å². The van der Waals surface area contributed by atoms with E-state index in [-0.39, 0.29) is 11.0 Å². The minimum Gasteiger partial charge on any atom is -0.305 e. The Kier molecular flexibility index (Phi) is 5.25. The van der Waals surface area contributed by atoms with E-state index in [0.717, 1.165) is 11.1 Å². The van der Waals surface area contributed by atoms with Crippen LogP contribution < -0.4 is 0 Å². The molecule has 0 aliphatic rings. The van der Waals surface area contributed by atoms with E-state index >= 15 is 0 Å². The van der Waals surface area contributed by atoms with Crippen molar-refractivity contribution in [2.24, 2.45) is 7.05 Å². The number of nitrogens with zero attached hydrogens (tertiary/aromatic N) is 3. The summed E-state index contributed by atoms with van der Waals surface area (Å²) in [4.78, 5) is 12.6. The quantitative estimate of drug-likeness (QED) is 0.477. The number of benzene rings is 2. The summed E-state index contributed by atoms with van der Waals surface area (Å²) in [6, 6.07) is 15.1. The van der Waals surface area contributed by atoms with Gasteiger partial charge in [-0.2, -0.15) is 0 Å². The number of rotatable bonds is 5. The molecule has 0 bridgehead atoms. The Morgan fingerprint density at radius 2 is 1.80 bits per heavy atom. The number of halogens is 1. The zero-order valence-electron chi connectivity index (χ0n) is 14.2. The van der Waals surface area contributed by atoms with Crippen LogP contribution in [-0.4, -0.2) is 25.8 Å². The first kappa shape index (κ1) is 17.7. The average molecular weight is 372 g/mol. The molecule has 0 amide bonds. The van der Waals surface area contributed by atoms with Gasteiger partial charge in [-0.05, 0) is 26.0 Å². The molecule has 0 saturated heterocycles. The average Bonchev–Trinajstić information content (AvgIpc) is 2.96. The highest BCUT2D eigenvalue weighted by Gasteiger charge is 2.21. The maximum Gasteiger partial charge on any atom is 0.191 e. The molecule has 4 nitrogen and oxygen atoms in total. The molecule has 3 rings (SSSR count). The number of ketones is 1. The van der Waals surface area contributed by atoms with Crippen molar-refractivity contribution in [3.05, 3.63) is 64.7 Å². The lowest BCUT2D eigenvalue weighted by Crippen LogP contribution is -2.14. The molecule has 0 fully saturated rings. The molecule has 1 aromatic heterocycles. The minimum absolute atomic E-state index is 0.0762. The Morgan fingerprint density at radius 3 is 2.48 bits per heavy atom. The third-order valence-electron chi connectivity index (χ3n) is 3.94. The van der Waals surface area contributed by atoms with Crippen LogP contribution in [0.25, 0.3) is 11.4 Å². The fourth-order valence-electron chi connectivity index (χ4n) is 2.46. The number of carbonyl (C=O) groups is 1. The van der Waals surface area contributed by atoms with Gasteiger partial charge in [0.05, 0.1) is 10.3 Å². The molecular weight excluding hydrogens is 354 g/mol. The number of Topliss-reactive ketones (excluding diaryl/α,β-unsaturated/α-hetero) is 1. The summed E-state index contributed by atoms with van der Waals surface area (Å²) >= 11 is 7.64. The Morgan fingerprint density at radius 1 is 1.12 bits per heavy atom. The zero-order valence-corrected chi connectivity index (χ0v) is 15.8. The minimum atomic E-state index is -0.260. The molecule has 0 N–H and O–H groups in total. The SMILES string of the molecule is Cc1ccc(C(=O)C(C)Sc2nnc(-c3ccccc3Cl)n2C)cc1. The lowest BCUT2D eigenvalue weighted by molar-refractivity contribution is 0.0994. The van der Waals surface area contributed by atoms with Gasteiger partial charge in [-0.3, -0.25) is 4.79 Å². The molecule has 1 unspecified atom stereocenters. The predicted octanol–water partition coefficient (Wildman–Crippen LogP) is 4.81. The maximum absolute atomic E-state index is 12.6. The lowest BCUT2D eigenvalue weighted by atomic mass is 10.1. The summed E-state index contributed by atoms with van der Waals surface area (Å²) in [6.07, 6.45) is 0. The van der Waals surface area contributed by atoms with E-state index in [4.69, 9.17) is 11.6 Å². The Labute approximate surface area is 156 Å². The highest BCUT2D eigenvalue weighted by molar-refractivity contribution is 8.00. The molecule has 6 heteroatoms. The summed E-state index contributed by atoms with van der Waals surface area (Å²) in [7, 11) is 1.88. The fourth-order valence-corrected chi connectivity index (χ4v) is 3.57. The molecule has 1 atom stereocenters. The molecule has 1 heterocycles. The first-order valence-electron chi connectivity index (χ1n) is 7.89. The van der Waals surface area contributed by atoms with E-state index in [1.165, 1.54) is 11.8 Å². The standard InChI is InChI=1S/C19H18ClN3OS/c1-12-8-10-14(11-9-12)17(24)13(2)25-19-22-21-18(23(19)3)15-6-4-5-7-16(15)20/h4-11,13H,1-3H3. The molecule has 3 aromatic rings. The Bertz CT molecular complexity index is 905. The Balaban J connectivity index is 1.81. The largest absolute Gasteiger partial charge is 0.305 e. The molecule has 128 valence electrons. The first-order chi connectivity index (χ1) is 12.0. The zero-order chi connectivity index (χ0) is 18.0. The lowest BCUT2D eigenvalue weighted by Gasteiger charge is -2.10. The number of hydrogen-bond donors (Lipinski definition) is 0. The van der Waals surface area contributed by atoms with Crippen molar-refractivity contribution in [3.63, 3.8) is 0 Å². The first-order valence-corrected chi connectivity index (χ1v) is 9.15. The van der Waals surface area contributed by atoms with Crippen LogP contribution >= 0.6 is 23.4 Å². The van der Waals surface area contributed by atoms with Gasteiger partial charge in [0.1, 0.15) is 0 Å². The molecule has 2 aromatic carbocycles. The number of aryl methyl sites for hydroxylation is 1. The number of hydrogen-bond acceptors (Lipinski definition) is 4. The second kappa shape index (κ2) is 7.42. The van der Waals surface area contributed by atoms with Gasteiger partial charge >= 0.3 is 0 Å². The van der Waals surface area contributed by atoms with Gasteiger partial charge < -0.3 is 4.57 Å². The van der Waals surface area contributed by atoms with Gasteiger partial charge in [0.15, 0.2) is 16.8 Å². The summed E-state index contributed by atoms with van der Waals surface area (Å²) in [5, 5.41) is 9.52. The third-order valence-corrected chi connectivity index (χ3v) is 5.40. The predicted molar refractivity (Wildman–Crippen MR) is 102 cm³/mol. The second-order valence-electron chi connectivity index (χ2n) is 5.84. The van der Waals surface area contributed by atoms with Crippen molar-refractivity contribution >= 4 is 29.1 Å².